The normalized spacial score (nSPS) is 15.3. The molecule has 0 atom stereocenters. The Morgan fingerprint density at radius 3 is 2.65 bits per heavy atom. The number of nitrogens with one attached hydrogen (secondary N) is 1. The lowest BCUT2D eigenvalue weighted by Gasteiger charge is -2.33. The Bertz CT molecular complexity index is 887. The summed E-state index contributed by atoms with van der Waals surface area (Å²) in [6, 6.07) is 7.83. The van der Waals surface area contributed by atoms with E-state index in [0.717, 1.165) is 48.8 Å². The third-order valence-corrected chi connectivity index (χ3v) is 4.61. The fourth-order valence-corrected chi connectivity index (χ4v) is 3.03. The van der Waals surface area contributed by atoms with Crippen molar-refractivity contribution in [3.05, 3.63) is 42.4 Å². The van der Waals surface area contributed by atoms with Gasteiger partial charge >= 0.3 is 0 Å². The highest BCUT2D eigenvalue weighted by atomic mass is 15.3. The van der Waals surface area contributed by atoms with Crippen LogP contribution < -0.4 is 16.0 Å². The molecule has 0 saturated carbocycles. The lowest BCUT2D eigenvalue weighted by atomic mass is 10.2. The topological polar surface area (TPSA) is 96.1 Å². The molecule has 3 aromatic rings. The standard InChI is InChI=1S/C18H22N8/c1-25-6-8-26(9-7-25)16-5-2-13(10-20-16)11-21-17-14-3-4-15(19)24-18(14)23-12-22-17/h2-5,10,12H,6-9,11H2,1H3,(H3,19,21,22,23,24). The van der Waals surface area contributed by atoms with Crippen LogP contribution in [0.3, 0.4) is 0 Å². The summed E-state index contributed by atoms with van der Waals surface area (Å²) in [5, 5.41) is 4.19. The molecular weight excluding hydrogens is 328 g/mol. The SMILES string of the molecule is CN1CCN(c2ccc(CNc3ncnc4nc(N)ccc34)cn2)CC1. The van der Waals surface area contributed by atoms with E-state index in [1.165, 1.54) is 6.33 Å². The predicted octanol–water partition coefficient (Wildman–Crippen LogP) is 1.37. The van der Waals surface area contributed by atoms with Gasteiger partial charge in [0.2, 0.25) is 0 Å². The van der Waals surface area contributed by atoms with Crippen LogP contribution in [0.1, 0.15) is 5.56 Å². The Labute approximate surface area is 152 Å². The van der Waals surface area contributed by atoms with Gasteiger partial charge in [0.05, 0.1) is 5.39 Å². The number of nitrogen functional groups attached to an aromatic ring is 1. The number of anilines is 3. The smallest absolute Gasteiger partial charge is 0.166 e. The van der Waals surface area contributed by atoms with E-state index in [1.54, 1.807) is 6.07 Å². The third kappa shape index (κ3) is 3.50. The van der Waals surface area contributed by atoms with Crippen molar-refractivity contribution >= 4 is 28.5 Å². The molecular formula is C18H22N8. The van der Waals surface area contributed by atoms with Crippen LogP contribution in [0.15, 0.2) is 36.8 Å². The van der Waals surface area contributed by atoms with Gasteiger partial charge in [0.15, 0.2) is 5.65 Å². The Morgan fingerprint density at radius 1 is 1.04 bits per heavy atom. The van der Waals surface area contributed by atoms with Crippen LogP contribution in [0.25, 0.3) is 11.0 Å². The van der Waals surface area contributed by atoms with Crippen molar-refractivity contribution in [2.45, 2.75) is 6.54 Å². The molecule has 8 heteroatoms. The Kier molecular flexibility index (Phi) is 4.49. The van der Waals surface area contributed by atoms with E-state index in [1.807, 2.05) is 12.3 Å². The van der Waals surface area contributed by atoms with Gasteiger partial charge in [-0.15, -0.1) is 0 Å². The summed E-state index contributed by atoms with van der Waals surface area (Å²) in [6.45, 7) is 4.81. The second-order valence-corrected chi connectivity index (χ2v) is 6.50. The summed E-state index contributed by atoms with van der Waals surface area (Å²) < 4.78 is 0. The van der Waals surface area contributed by atoms with Crippen LogP contribution in [-0.2, 0) is 6.54 Å². The zero-order chi connectivity index (χ0) is 17.9. The van der Waals surface area contributed by atoms with E-state index >= 15 is 0 Å². The molecule has 134 valence electrons. The van der Waals surface area contributed by atoms with Gasteiger partial charge in [-0.05, 0) is 30.8 Å². The molecule has 8 nitrogen and oxygen atoms in total. The summed E-state index contributed by atoms with van der Waals surface area (Å²) in [7, 11) is 2.15. The molecule has 0 bridgehead atoms. The van der Waals surface area contributed by atoms with Crippen molar-refractivity contribution in [2.75, 3.05) is 49.2 Å². The molecule has 0 unspecified atom stereocenters. The highest BCUT2D eigenvalue weighted by Crippen LogP contribution is 2.20. The minimum Gasteiger partial charge on any atom is -0.384 e. The minimum absolute atomic E-state index is 0.450. The number of rotatable bonds is 4. The predicted molar refractivity (Wildman–Crippen MR) is 103 cm³/mol. The minimum atomic E-state index is 0.450. The number of fused-ring (bicyclic) bond motifs is 1. The molecule has 0 radical (unpaired) electrons. The number of likely N-dealkylation sites (N-methyl/N-ethyl adjacent to an activating group) is 1. The summed E-state index contributed by atoms with van der Waals surface area (Å²) in [5.41, 5.74) is 7.40. The molecule has 4 rings (SSSR count). The van der Waals surface area contributed by atoms with Gasteiger partial charge in [0, 0.05) is 38.9 Å². The fourth-order valence-electron chi connectivity index (χ4n) is 3.03. The Hall–Kier alpha value is -3.00. The van der Waals surface area contributed by atoms with Gasteiger partial charge < -0.3 is 20.9 Å². The van der Waals surface area contributed by atoms with E-state index in [-0.39, 0.29) is 0 Å². The first kappa shape index (κ1) is 16.5. The van der Waals surface area contributed by atoms with Crippen molar-refractivity contribution in [1.82, 2.24) is 24.8 Å². The quantitative estimate of drug-likeness (QED) is 0.728. The van der Waals surface area contributed by atoms with Crippen LogP contribution in [0, 0.1) is 0 Å². The van der Waals surface area contributed by atoms with E-state index in [4.69, 9.17) is 5.73 Å². The molecule has 26 heavy (non-hydrogen) atoms. The van der Waals surface area contributed by atoms with Crippen LogP contribution in [0.5, 0.6) is 0 Å². The summed E-state index contributed by atoms with van der Waals surface area (Å²) in [4.78, 5) is 22.0. The molecule has 1 aliphatic heterocycles. The number of nitrogens with two attached hydrogens (primary N) is 1. The maximum Gasteiger partial charge on any atom is 0.166 e. The number of hydrogen-bond acceptors (Lipinski definition) is 8. The van der Waals surface area contributed by atoms with Gasteiger partial charge in [0.1, 0.15) is 23.8 Å². The second kappa shape index (κ2) is 7.09. The van der Waals surface area contributed by atoms with E-state index in [2.05, 4.69) is 54.2 Å². The number of nitrogens with zero attached hydrogens (tertiary/aromatic N) is 6. The van der Waals surface area contributed by atoms with Gasteiger partial charge in [-0.3, -0.25) is 0 Å². The van der Waals surface area contributed by atoms with Gasteiger partial charge in [-0.1, -0.05) is 6.07 Å². The highest BCUT2D eigenvalue weighted by molar-refractivity contribution is 5.87. The van der Waals surface area contributed by atoms with Gasteiger partial charge in [-0.2, -0.15) is 0 Å². The van der Waals surface area contributed by atoms with Crippen LogP contribution >= 0.6 is 0 Å². The molecule has 0 amide bonds. The average molecular weight is 350 g/mol. The summed E-state index contributed by atoms with van der Waals surface area (Å²) >= 11 is 0. The molecule has 0 aromatic carbocycles. The largest absolute Gasteiger partial charge is 0.384 e. The van der Waals surface area contributed by atoms with Crippen molar-refractivity contribution in [3.8, 4) is 0 Å². The highest BCUT2D eigenvalue weighted by Gasteiger charge is 2.15. The van der Waals surface area contributed by atoms with Crippen molar-refractivity contribution in [2.24, 2.45) is 0 Å². The number of piperazine rings is 1. The first-order valence-electron chi connectivity index (χ1n) is 8.68. The van der Waals surface area contributed by atoms with E-state index < -0.39 is 0 Å². The lowest BCUT2D eigenvalue weighted by molar-refractivity contribution is 0.312. The first-order valence-corrected chi connectivity index (χ1v) is 8.68. The number of pyridine rings is 2. The summed E-state index contributed by atoms with van der Waals surface area (Å²) in [6.07, 6.45) is 3.41. The Morgan fingerprint density at radius 2 is 1.88 bits per heavy atom. The van der Waals surface area contributed by atoms with Gasteiger partial charge in [0.25, 0.3) is 0 Å². The van der Waals surface area contributed by atoms with Crippen molar-refractivity contribution in [1.29, 1.82) is 0 Å². The van der Waals surface area contributed by atoms with Crippen molar-refractivity contribution < 1.29 is 0 Å². The molecule has 4 heterocycles. The maximum absolute atomic E-state index is 5.72. The average Bonchev–Trinajstić information content (AvgIpc) is 2.67. The molecule has 0 aliphatic carbocycles. The molecule has 3 aromatic heterocycles. The van der Waals surface area contributed by atoms with E-state index in [0.29, 0.717) is 18.0 Å². The zero-order valence-corrected chi connectivity index (χ0v) is 14.8. The summed E-state index contributed by atoms with van der Waals surface area (Å²) in [5.74, 6) is 2.23. The van der Waals surface area contributed by atoms with Crippen LogP contribution in [0.2, 0.25) is 0 Å². The molecule has 1 aliphatic rings. The molecule has 1 saturated heterocycles. The van der Waals surface area contributed by atoms with Crippen LogP contribution in [-0.4, -0.2) is 58.1 Å². The van der Waals surface area contributed by atoms with E-state index in [9.17, 15) is 0 Å². The number of hydrogen-bond donors (Lipinski definition) is 2. The second-order valence-electron chi connectivity index (χ2n) is 6.50. The molecule has 3 N–H and O–H groups in total. The fraction of sp³-hybridized carbons (Fsp3) is 0.333. The zero-order valence-electron chi connectivity index (χ0n) is 14.8. The lowest BCUT2D eigenvalue weighted by Crippen LogP contribution is -2.44. The third-order valence-electron chi connectivity index (χ3n) is 4.61. The molecule has 0 spiro atoms. The molecule has 1 fully saturated rings. The van der Waals surface area contributed by atoms with Crippen LogP contribution in [0.4, 0.5) is 17.5 Å². The van der Waals surface area contributed by atoms with Crippen molar-refractivity contribution in [3.63, 3.8) is 0 Å². The van der Waals surface area contributed by atoms with Gasteiger partial charge in [-0.25, -0.2) is 19.9 Å². The first-order chi connectivity index (χ1) is 12.7. The Balaban J connectivity index is 1.44. The number of aromatic nitrogens is 4. The maximum atomic E-state index is 5.72. The monoisotopic (exact) mass is 350 g/mol.